The molecule has 0 saturated heterocycles. The van der Waals surface area contributed by atoms with Crippen LogP contribution in [0.3, 0.4) is 0 Å². The summed E-state index contributed by atoms with van der Waals surface area (Å²) >= 11 is 1.43. The number of halogens is 1. The molecule has 112 valence electrons. The van der Waals surface area contributed by atoms with Gasteiger partial charge in [-0.2, -0.15) is 0 Å². The molecule has 1 aromatic heterocycles. The van der Waals surface area contributed by atoms with Crippen LogP contribution in [0.2, 0.25) is 0 Å². The van der Waals surface area contributed by atoms with Crippen LogP contribution in [-0.2, 0) is 0 Å². The number of carbonyl (C=O) groups is 1. The SMILES string of the molecule is Cc1ccc2sc(NNC(=O)c3ccccc3F)nc2c1C. The Morgan fingerprint density at radius 2 is 1.95 bits per heavy atom. The summed E-state index contributed by atoms with van der Waals surface area (Å²) in [5.74, 6) is -1.09. The molecule has 2 N–H and O–H groups in total. The van der Waals surface area contributed by atoms with E-state index in [-0.39, 0.29) is 5.56 Å². The average Bonchev–Trinajstić information content (AvgIpc) is 2.93. The van der Waals surface area contributed by atoms with Crippen molar-refractivity contribution in [1.29, 1.82) is 0 Å². The van der Waals surface area contributed by atoms with Gasteiger partial charge in [0, 0.05) is 0 Å². The van der Waals surface area contributed by atoms with E-state index in [0.29, 0.717) is 5.13 Å². The van der Waals surface area contributed by atoms with Gasteiger partial charge in [0.1, 0.15) is 5.82 Å². The molecule has 1 heterocycles. The van der Waals surface area contributed by atoms with Crippen molar-refractivity contribution in [2.24, 2.45) is 0 Å². The standard InChI is InChI=1S/C16H14FN3OS/c1-9-7-8-13-14(10(9)2)18-16(22-13)20-19-15(21)11-5-3-4-6-12(11)17/h3-8H,1-2H3,(H,18,20)(H,19,21). The lowest BCUT2D eigenvalue weighted by Crippen LogP contribution is -2.29. The average molecular weight is 315 g/mol. The van der Waals surface area contributed by atoms with Crippen LogP contribution in [0, 0.1) is 19.7 Å². The number of anilines is 1. The number of fused-ring (bicyclic) bond motifs is 1. The minimum atomic E-state index is -0.558. The number of amides is 1. The molecule has 0 spiro atoms. The largest absolute Gasteiger partial charge is 0.273 e. The second kappa shape index (κ2) is 5.73. The summed E-state index contributed by atoms with van der Waals surface area (Å²) in [6, 6.07) is 9.87. The number of nitrogens with one attached hydrogen (secondary N) is 2. The fraction of sp³-hybridized carbons (Fsp3) is 0.125. The number of hydrogen-bond acceptors (Lipinski definition) is 4. The van der Waals surface area contributed by atoms with E-state index >= 15 is 0 Å². The molecule has 0 bridgehead atoms. The van der Waals surface area contributed by atoms with Crippen LogP contribution in [0.15, 0.2) is 36.4 Å². The Hall–Kier alpha value is -2.47. The summed E-state index contributed by atoms with van der Waals surface area (Å²) in [6.07, 6.45) is 0. The normalized spacial score (nSPS) is 10.7. The molecule has 4 nitrogen and oxygen atoms in total. The van der Waals surface area contributed by atoms with E-state index in [1.807, 2.05) is 26.0 Å². The Balaban J connectivity index is 1.78. The minimum absolute atomic E-state index is 0.0110. The first-order valence-corrected chi connectivity index (χ1v) is 7.55. The van der Waals surface area contributed by atoms with E-state index in [9.17, 15) is 9.18 Å². The van der Waals surface area contributed by atoms with Crippen molar-refractivity contribution < 1.29 is 9.18 Å². The van der Waals surface area contributed by atoms with Crippen molar-refractivity contribution in [3.05, 3.63) is 58.9 Å². The number of nitrogens with zero attached hydrogens (tertiary/aromatic N) is 1. The van der Waals surface area contributed by atoms with E-state index in [1.54, 1.807) is 6.07 Å². The molecule has 0 atom stereocenters. The predicted octanol–water partition coefficient (Wildman–Crippen LogP) is 3.81. The van der Waals surface area contributed by atoms with Gasteiger partial charge in [-0.05, 0) is 43.2 Å². The van der Waals surface area contributed by atoms with Crippen LogP contribution in [0.1, 0.15) is 21.5 Å². The number of hydrazine groups is 1. The summed E-state index contributed by atoms with van der Waals surface area (Å²) in [5.41, 5.74) is 8.40. The lowest BCUT2D eigenvalue weighted by atomic mass is 10.1. The van der Waals surface area contributed by atoms with E-state index in [1.165, 1.54) is 35.1 Å². The number of carbonyl (C=O) groups excluding carboxylic acids is 1. The molecule has 22 heavy (non-hydrogen) atoms. The molecule has 0 saturated carbocycles. The number of rotatable bonds is 3. The molecule has 1 amide bonds. The first-order valence-electron chi connectivity index (χ1n) is 6.74. The quantitative estimate of drug-likeness (QED) is 0.723. The Morgan fingerprint density at radius 1 is 1.18 bits per heavy atom. The zero-order chi connectivity index (χ0) is 15.7. The summed E-state index contributed by atoms with van der Waals surface area (Å²) in [5, 5.41) is 0.563. The van der Waals surface area contributed by atoms with Crippen LogP contribution < -0.4 is 10.9 Å². The maximum Gasteiger partial charge on any atom is 0.272 e. The van der Waals surface area contributed by atoms with Crippen molar-refractivity contribution in [1.82, 2.24) is 10.4 Å². The van der Waals surface area contributed by atoms with Crippen molar-refractivity contribution >= 4 is 32.6 Å². The highest BCUT2D eigenvalue weighted by Gasteiger charge is 2.12. The third-order valence-corrected chi connectivity index (χ3v) is 4.42. The van der Waals surface area contributed by atoms with E-state index < -0.39 is 11.7 Å². The van der Waals surface area contributed by atoms with Gasteiger partial charge in [-0.1, -0.05) is 29.5 Å². The third-order valence-electron chi connectivity index (χ3n) is 3.49. The number of benzene rings is 2. The van der Waals surface area contributed by atoms with Gasteiger partial charge in [0.2, 0.25) is 5.13 Å². The van der Waals surface area contributed by atoms with Crippen LogP contribution in [0.4, 0.5) is 9.52 Å². The second-order valence-electron chi connectivity index (χ2n) is 4.93. The fourth-order valence-corrected chi connectivity index (χ4v) is 2.98. The summed E-state index contributed by atoms with van der Waals surface area (Å²) in [6.45, 7) is 4.04. The van der Waals surface area contributed by atoms with Crippen LogP contribution in [-0.4, -0.2) is 10.9 Å². The molecule has 2 aromatic carbocycles. The highest BCUT2D eigenvalue weighted by molar-refractivity contribution is 7.22. The van der Waals surface area contributed by atoms with Gasteiger partial charge >= 0.3 is 0 Å². The Labute approximate surface area is 131 Å². The Kier molecular flexibility index (Phi) is 3.77. The second-order valence-corrected chi connectivity index (χ2v) is 5.96. The van der Waals surface area contributed by atoms with Gasteiger partial charge in [-0.15, -0.1) is 0 Å². The molecule has 0 aliphatic rings. The van der Waals surface area contributed by atoms with Crippen LogP contribution >= 0.6 is 11.3 Å². The lowest BCUT2D eigenvalue weighted by Gasteiger charge is -2.05. The zero-order valence-electron chi connectivity index (χ0n) is 12.1. The van der Waals surface area contributed by atoms with E-state index in [0.717, 1.165) is 15.8 Å². The minimum Gasteiger partial charge on any atom is -0.273 e. The summed E-state index contributed by atoms with van der Waals surface area (Å²) in [7, 11) is 0. The lowest BCUT2D eigenvalue weighted by molar-refractivity contribution is 0.0958. The molecule has 6 heteroatoms. The maximum absolute atomic E-state index is 13.5. The topological polar surface area (TPSA) is 54.0 Å². The van der Waals surface area contributed by atoms with Gasteiger partial charge < -0.3 is 0 Å². The van der Waals surface area contributed by atoms with Gasteiger partial charge in [0.15, 0.2) is 0 Å². The first kappa shape index (κ1) is 14.5. The van der Waals surface area contributed by atoms with Crippen molar-refractivity contribution in [2.45, 2.75) is 13.8 Å². The third kappa shape index (κ3) is 2.65. The van der Waals surface area contributed by atoms with E-state index in [4.69, 9.17) is 0 Å². The molecule has 0 unspecified atom stereocenters. The monoisotopic (exact) mass is 315 g/mol. The Morgan fingerprint density at radius 3 is 2.73 bits per heavy atom. The zero-order valence-corrected chi connectivity index (χ0v) is 12.9. The predicted molar refractivity (Wildman–Crippen MR) is 86.6 cm³/mol. The number of hydrogen-bond donors (Lipinski definition) is 2. The molecule has 0 aliphatic carbocycles. The molecule has 3 aromatic rings. The number of thiazole rings is 1. The molecule has 3 rings (SSSR count). The van der Waals surface area contributed by atoms with Crippen molar-refractivity contribution in [3.8, 4) is 0 Å². The smallest absolute Gasteiger partial charge is 0.272 e. The Bertz CT molecular complexity index is 860. The van der Waals surface area contributed by atoms with Crippen LogP contribution in [0.5, 0.6) is 0 Å². The number of aryl methyl sites for hydroxylation is 2. The van der Waals surface area contributed by atoms with Crippen molar-refractivity contribution in [3.63, 3.8) is 0 Å². The molecule has 0 fully saturated rings. The molecule has 0 aliphatic heterocycles. The maximum atomic E-state index is 13.5. The molecular weight excluding hydrogens is 301 g/mol. The van der Waals surface area contributed by atoms with Crippen LogP contribution in [0.25, 0.3) is 10.2 Å². The molecule has 0 radical (unpaired) electrons. The van der Waals surface area contributed by atoms with E-state index in [2.05, 4.69) is 15.8 Å². The van der Waals surface area contributed by atoms with Gasteiger partial charge in [0.05, 0.1) is 15.8 Å². The number of aromatic nitrogens is 1. The first-order chi connectivity index (χ1) is 10.6. The summed E-state index contributed by atoms with van der Waals surface area (Å²) < 4.78 is 14.6. The van der Waals surface area contributed by atoms with Gasteiger partial charge in [-0.3, -0.25) is 15.6 Å². The highest BCUT2D eigenvalue weighted by atomic mass is 32.1. The van der Waals surface area contributed by atoms with Crippen molar-refractivity contribution in [2.75, 3.05) is 5.43 Å². The highest BCUT2D eigenvalue weighted by Crippen LogP contribution is 2.29. The summed E-state index contributed by atoms with van der Waals surface area (Å²) in [4.78, 5) is 16.4. The van der Waals surface area contributed by atoms with Gasteiger partial charge in [0.25, 0.3) is 5.91 Å². The fourth-order valence-electron chi connectivity index (χ4n) is 2.10. The van der Waals surface area contributed by atoms with Gasteiger partial charge in [-0.25, -0.2) is 9.37 Å². The molecular formula is C16H14FN3OS.